The molecular formula is C23H26N4O. The number of aromatic nitrogens is 2. The quantitative estimate of drug-likeness (QED) is 0.721. The number of piperidine rings is 1. The maximum Gasteiger partial charge on any atom is 0.248 e. The van der Waals surface area contributed by atoms with Gasteiger partial charge < -0.3 is 10.6 Å². The van der Waals surface area contributed by atoms with Crippen molar-refractivity contribution in [2.24, 2.45) is 0 Å². The van der Waals surface area contributed by atoms with Crippen molar-refractivity contribution in [1.82, 2.24) is 20.4 Å². The highest BCUT2D eigenvalue weighted by Crippen LogP contribution is 2.27. The summed E-state index contributed by atoms with van der Waals surface area (Å²) in [5.74, 6) is 0.0404. The van der Waals surface area contributed by atoms with Crippen molar-refractivity contribution in [3.8, 4) is 11.1 Å². The fourth-order valence-corrected chi connectivity index (χ4v) is 3.95. The number of carbonyl (C=O) groups is 1. The first-order valence-electron chi connectivity index (χ1n) is 9.82. The van der Waals surface area contributed by atoms with E-state index in [0.29, 0.717) is 6.54 Å². The van der Waals surface area contributed by atoms with Crippen molar-refractivity contribution >= 4 is 5.91 Å². The van der Waals surface area contributed by atoms with E-state index in [1.807, 2.05) is 23.0 Å². The van der Waals surface area contributed by atoms with Gasteiger partial charge in [0.25, 0.3) is 0 Å². The van der Waals surface area contributed by atoms with Gasteiger partial charge in [0.05, 0.1) is 0 Å². The standard InChI is InChI=1S/C23H26N4O/c1-18-5-2-7-20(15-18)21-8-3-6-19(16-21)17-25-22(28)23(9-12-24-13-10-23)27-14-4-11-26-27/h2-8,11,14-16,24H,9-10,12-13,17H2,1H3,(H,25,28). The number of benzene rings is 2. The van der Waals surface area contributed by atoms with Crippen molar-refractivity contribution in [1.29, 1.82) is 0 Å². The highest BCUT2D eigenvalue weighted by molar-refractivity contribution is 5.84. The lowest BCUT2D eigenvalue weighted by Gasteiger charge is -2.36. The van der Waals surface area contributed by atoms with Crippen LogP contribution in [0.15, 0.2) is 67.0 Å². The van der Waals surface area contributed by atoms with Gasteiger partial charge in [0.15, 0.2) is 0 Å². The summed E-state index contributed by atoms with van der Waals surface area (Å²) < 4.78 is 1.83. The highest BCUT2D eigenvalue weighted by Gasteiger charge is 2.41. The maximum absolute atomic E-state index is 13.2. The van der Waals surface area contributed by atoms with Gasteiger partial charge in [-0.2, -0.15) is 5.10 Å². The first-order valence-corrected chi connectivity index (χ1v) is 9.82. The molecule has 5 heteroatoms. The van der Waals surface area contributed by atoms with Crippen LogP contribution in [-0.2, 0) is 16.9 Å². The van der Waals surface area contributed by atoms with Crippen LogP contribution in [0.3, 0.4) is 0 Å². The van der Waals surface area contributed by atoms with Gasteiger partial charge in [0.1, 0.15) is 5.54 Å². The minimum absolute atomic E-state index is 0.0404. The molecule has 1 fully saturated rings. The van der Waals surface area contributed by atoms with E-state index in [1.165, 1.54) is 16.7 Å². The number of nitrogens with zero attached hydrogens (tertiary/aromatic N) is 2. The van der Waals surface area contributed by atoms with Gasteiger partial charge in [-0.1, -0.05) is 48.0 Å². The lowest BCUT2D eigenvalue weighted by molar-refractivity contribution is -0.132. The Morgan fingerprint density at radius 3 is 2.57 bits per heavy atom. The third-order valence-electron chi connectivity index (χ3n) is 5.53. The fraction of sp³-hybridized carbons (Fsp3) is 0.304. The Hall–Kier alpha value is -2.92. The minimum atomic E-state index is -0.608. The van der Waals surface area contributed by atoms with Crippen LogP contribution in [0.1, 0.15) is 24.0 Å². The lowest BCUT2D eigenvalue weighted by atomic mass is 9.87. The normalized spacial score (nSPS) is 15.9. The number of aryl methyl sites for hydroxylation is 1. The van der Waals surface area contributed by atoms with Gasteiger partial charge in [-0.25, -0.2) is 0 Å². The zero-order valence-corrected chi connectivity index (χ0v) is 16.2. The van der Waals surface area contributed by atoms with Crippen molar-refractivity contribution < 1.29 is 4.79 Å². The number of nitrogens with one attached hydrogen (secondary N) is 2. The topological polar surface area (TPSA) is 59.0 Å². The molecule has 144 valence electrons. The monoisotopic (exact) mass is 374 g/mol. The molecule has 1 saturated heterocycles. The van der Waals surface area contributed by atoms with E-state index in [4.69, 9.17) is 0 Å². The first kappa shape index (κ1) is 18.4. The van der Waals surface area contributed by atoms with E-state index >= 15 is 0 Å². The second kappa shape index (κ2) is 7.98. The number of hydrogen-bond acceptors (Lipinski definition) is 3. The highest BCUT2D eigenvalue weighted by atomic mass is 16.2. The van der Waals surface area contributed by atoms with E-state index < -0.39 is 5.54 Å². The average molecular weight is 374 g/mol. The molecule has 0 spiro atoms. The minimum Gasteiger partial charge on any atom is -0.350 e. The molecule has 1 aromatic heterocycles. The lowest BCUT2D eigenvalue weighted by Crippen LogP contribution is -2.54. The molecule has 2 aromatic carbocycles. The van der Waals surface area contributed by atoms with Gasteiger partial charge in [-0.3, -0.25) is 9.48 Å². The molecule has 4 rings (SSSR count). The van der Waals surface area contributed by atoms with Crippen molar-refractivity contribution in [3.63, 3.8) is 0 Å². The molecule has 0 radical (unpaired) electrons. The number of carbonyl (C=O) groups excluding carboxylic acids is 1. The zero-order valence-electron chi connectivity index (χ0n) is 16.2. The predicted molar refractivity (Wildman–Crippen MR) is 111 cm³/mol. The van der Waals surface area contributed by atoms with Crippen LogP contribution in [0, 0.1) is 6.92 Å². The van der Waals surface area contributed by atoms with Gasteiger partial charge in [0.2, 0.25) is 5.91 Å². The van der Waals surface area contributed by atoms with Crippen LogP contribution in [0.4, 0.5) is 0 Å². The molecule has 0 aliphatic carbocycles. The van der Waals surface area contributed by atoms with E-state index in [1.54, 1.807) is 6.20 Å². The molecule has 5 nitrogen and oxygen atoms in total. The first-order chi connectivity index (χ1) is 13.7. The van der Waals surface area contributed by atoms with Gasteiger partial charge in [-0.05, 0) is 61.7 Å². The maximum atomic E-state index is 13.2. The second-order valence-corrected chi connectivity index (χ2v) is 7.48. The molecule has 0 saturated carbocycles. The zero-order chi connectivity index (χ0) is 19.4. The van der Waals surface area contributed by atoms with Gasteiger partial charge in [0, 0.05) is 18.9 Å². The van der Waals surface area contributed by atoms with E-state index in [2.05, 4.69) is 65.1 Å². The van der Waals surface area contributed by atoms with Crippen molar-refractivity contribution in [2.75, 3.05) is 13.1 Å². The van der Waals surface area contributed by atoms with Gasteiger partial charge in [-0.15, -0.1) is 0 Å². The summed E-state index contributed by atoms with van der Waals surface area (Å²) in [6, 6.07) is 18.7. The molecule has 2 N–H and O–H groups in total. The second-order valence-electron chi connectivity index (χ2n) is 7.48. The van der Waals surface area contributed by atoms with Crippen LogP contribution in [-0.4, -0.2) is 28.8 Å². The predicted octanol–water partition coefficient (Wildman–Crippen LogP) is 3.25. The Morgan fingerprint density at radius 1 is 1.11 bits per heavy atom. The summed E-state index contributed by atoms with van der Waals surface area (Å²) in [6.07, 6.45) is 5.11. The Labute approximate surface area is 165 Å². The van der Waals surface area contributed by atoms with Gasteiger partial charge >= 0.3 is 0 Å². The van der Waals surface area contributed by atoms with Crippen molar-refractivity contribution in [3.05, 3.63) is 78.1 Å². The Bertz CT molecular complexity index is 943. The SMILES string of the molecule is Cc1cccc(-c2cccc(CNC(=O)C3(n4cccn4)CCNCC3)c2)c1. The fourth-order valence-electron chi connectivity index (χ4n) is 3.95. The Balaban J connectivity index is 1.51. The molecule has 1 aliphatic heterocycles. The van der Waals surface area contributed by atoms with Crippen LogP contribution in [0.2, 0.25) is 0 Å². The molecule has 0 bridgehead atoms. The molecule has 28 heavy (non-hydrogen) atoms. The Morgan fingerprint density at radius 2 is 1.86 bits per heavy atom. The average Bonchev–Trinajstić information content (AvgIpc) is 3.28. The molecule has 2 heterocycles. The summed E-state index contributed by atoms with van der Waals surface area (Å²) in [7, 11) is 0. The third-order valence-corrected chi connectivity index (χ3v) is 5.53. The molecule has 3 aromatic rings. The summed E-state index contributed by atoms with van der Waals surface area (Å²) in [5, 5.41) is 10.9. The molecular weight excluding hydrogens is 348 g/mol. The largest absolute Gasteiger partial charge is 0.350 e. The van der Waals surface area contributed by atoms with E-state index in [9.17, 15) is 4.79 Å². The summed E-state index contributed by atoms with van der Waals surface area (Å²) in [6.45, 7) is 4.24. The van der Waals surface area contributed by atoms with Crippen LogP contribution >= 0.6 is 0 Å². The number of amides is 1. The van der Waals surface area contributed by atoms with Crippen LogP contribution < -0.4 is 10.6 Å². The smallest absolute Gasteiger partial charge is 0.248 e. The number of hydrogen-bond donors (Lipinski definition) is 2. The van der Waals surface area contributed by atoms with E-state index in [-0.39, 0.29) is 5.91 Å². The van der Waals surface area contributed by atoms with Crippen LogP contribution in [0.5, 0.6) is 0 Å². The molecule has 0 unspecified atom stereocenters. The van der Waals surface area contributed by atoms with Crippen molar-refractivity contribution in [2.45, 2.75) is 31.8 Å². The summed E-state index contributed by atoms with van der Waals surface area (Å²) in [5.41, 5.74) is 4.09. The molecule has 0 atom stereocenters. The molecule has 1 aliphatic rings. The summed E-state index contributed by atoms with van der Waals surface area (Å²) in [4.78, 5) is 13.2. The molecule has 1 amide bonds. The third kappa shape index (κ3) is 3.71. The van der Waals surface area contributed by atoms with Crippen LogP contribution in [0.25, 0.3) is 11.1 Å². The number of rotatable bonds is 5. The van der Waals surface area contributed by atoms with E-state index in [0.717, 1.165) is 31.5 Å². The Kier molecular flexibility index (Phi) is 5.26. The summed E-state index contributed by atoms with van der Waals surface area (Å²) >= 11 is 0.